The number of hydrogen-bond acceptors (Lipinski definition) is 5. The minimum Gasteiger partial charge on any atom is -0.462 e. The van der Waals surface area contributed by atoms with Crippen LogP contribution < -0.4 is 11.1 Å². The molecule has 1 amide bonds. The lowest BCUT2D eigenvalue weighted by Crippen LogP contribution is -2.31. The Morgan fingerprint density at radius 3 is 2.60 bits per heavy atom. The van der Waals surface area contributed by atoms with Crippen molar-refractivity contribution in [3.63, 3.8) is 0 Å². The quantitative estimate of drug-likeness (QED) is 0.296. The monoisotopic (exact) mass is 231 g/mol. The standard InChI is InChI=1S/C8H10ClN3O3/c1-2-15-8(14)5(4-10)7(11)12-6(13)3-9/h2-3,11H2,1H3,(H,12,13)/b7-5-. The van der Waals surface area contributed by atoms with Crippen LogP contribution in [0.3, 0.4) is 0 Å². The maximum absolute atomic E-state index is 11.1. The zero-order valence-corrected chi connectivity index (χ0v) is 8.80. The van der Waals surface area contributed by atoms with Crippen LogP contribution >= 0.6 is 11.6 Å². The second-order valence-corrected chi connectivity index (χ2v) is 2.57. The number of nitrogens with two attached hydrogens (primary N) is 1. The highest BCUT2D eigenvalue weighted by Crippen LogP contribution is 1.99. The summed E-state index contributed by atoms with van der Waals surface area (Å²) in [6.45, 7) is 1.70. The summed E-state index contributed by atoms with van der Waals surface area (Å²) in [5.74, 6) is -2.16. The number of amides is 1. The van der Waals surface area contributed by atoms with Gasteiger partial charge in [-0.15, -0.1) is 11.6 Å². The summed E-state index contributed by atoms with van der Waals surface area (Å²) in [6.07, 6.45) is 0. The average Bonchev–Trinajstić information content (AvgIpc) is 2.19. The van der Waals surface area contributed by atoms with E-state index in [4.69, 9.17) is 22.6 Å². The molecule has 15 heavy (non-hydrogen) atoms. The van der Waals surface area contributed by atoms with Crippen LogP contribution in [-0.2, 0) is 14.3 Å². The molecule has 0 rings (SSSR count). The van der Waals surface area contributed by atoms with Crippen LogP contribution in [0.5, 0.6) is 0 Å². The lowest BCUT2D eigenvalue weighted by Gasteiger charge is -2.05. The summed E-state index contributed by atoms with van der Waals surface area (Å²) in [6, 6.07) is 1.54. The van der Waals surface area contributed by atoms with Crippen LogP contribution in [0.25, 0.3) is 0 Å². The Kier molecular flexibility index (Phi) is 5.90. The van der Waals surface area contributed by atoms with Gasteiger partial charge in [0.2, 0.25) is 5.91 Å². The fourth-order valence-corrected chi connectivity index (χ4v) is 0.732. The van der Waals surface area contributed by atoms with Crippen molar-refractivity contribution in [1.82, 2.24) is 5.32 Å². The average molecular weight is 232 g/mol. The highest BCUT2D eigenvalue weighted by molar-refractivity contribution is 6.27. The Balaban J connectivity index is 4.76. The largest absolute Gasteiger partial charge is 0.462 e. The molecular weight excluding hydrogens is 222 g/mol. The molecule has 0 aromatic rings. The second-order valence-electron chi connectivity index (χ2n) is 2.30. The summed E-state index contributed by atoms with van der Waals surface area (Å²) >= 11 is 5.20. The zero-order valence-electron chi connectivity index (χ0n) is 8.04. The van der Waals surface area contributed by atoms with Gasteiger partial charge in [0, 0.05) is 0 Å². The molecule has 0 aromatic carbocycles. The van der Waals surface area contributed by atoms with Gasteiger partial charge in [-0.2, -0.15) is 5.26 Å². The molecule has 0 fully saturated rings. The third kappa shape index (κ3) is 4.33. The van der Waals surface area contributed by atoms with E-state index in [-0.39, 0.29) is 18.3 Å². The Bertz CT molecular complexity index is 333. The lowest BCUT2D eigenvalue weighted by atomic mass is 10.3. The number of carbonyl (C=O) groups is 2. The molecule has 0 saturated carbocycles. The van der Waals surface area contributed by atoms with E-state index in [9.17, 15) is 9.59 Å². The van der Waals surface area contributed by atoms with Crippen molar-refractivity contribution in [1.29, 1.82) is 5.26 Å². The van der Waals surface area contributed by atoms with E-state index in [0.29, 0.717) is 0 Å². The first-order valence-corrected chi connectivity index (χ1v) is 4.53. The number of esters is 1. The molecule has 82 valence electrons. The minimum absolute atomic E-state index is 0.112. The first-order chi connectivity index (χ1) is 7.06. The summed E-state index contributed by atoms with van der Waals surface area (Å²) in [5.41, 5.74) is 4.85. The summed E-state index contributed by atoms with van der Waals surface area (Å²) in [7, 11) is 0. The SMILES string of the molecule is CCOC(=O)/C(C#N)=C(/N)NC(=O)CCl. The molecule has 0 saturated heterocycles. The van der Waals surface area contributed by atoms with Crippen molar-refractivity contribution >= 4 is 23.5 Å². The Morgan fingerprint density at radius 1 is 1.60 bits per heavy atom. The Hall–Kier alpha value is -1.74. The molecule has 0 aliphatic heterocycles. The van der Waals surface area contributed by atoms with Crippen LogP contribution in [-0.4, -0.2) is 24.4 Å². The number of nitrogens with one attached hydrogen (secondary N) is 1. The Labute approximate surface area is 91.6 Å². The van der Waals surface area contributed by atoms with Crippen LogP contribution in [0.2, 0.25) is 0 Å². The number of nitrogens with zero attached hydrogens (tertiary/aromatic N) is 1. The molecule has 3 N–H and O–H groups in total. The predicted octanol–water partition coefficient (Wildman–Crippen LogP) is -0.402. The molecular formula is C8H10ClN3O3. The fourth-order valence-electron chi connectivity index (χ4n) is 0.665. The van der Waals surface area contributed by atoms with Gasteiger partial charge in [0.05, 0.1) is 6.61 Å². The van der Waals surface area contributed by atoms with Crippen molar-refractivity contribution in [2.75, 3.05) is 12.5 Å². The van der Waals surface area contributed by atoms with Gasteiger partial charge in [-0.25, -0.2) is 4.79 Å². The number of ether oxygens (including phenoxy) is 1. The van der Waals surface area contributed by atoms with E-state index >= 15 is 0 Å². The number of carbonyl (C=O) groups excluding carboxylic acids is 2. The molecule has 0 spiro atoms. The fraction of sp³-hybridized carbons (Fsp3) is 0.375. The van der Waals surface area contributed by atoms with Crippen molar-refractivity contribution in [3.05, 3.63) is 11.4 Å². The molecule has 0 aliphatic carbocycles. The van der Waals surface area contributed by atoms with Gasteiger partial charge in [0.15, 0.2) is 5.57 Å². The second kappa shape index (κ2) is 6.68. The van der Waals surface area contributed by atoms with E-state index in [1.807, 2.05) is 0 Å². The van der Waals surface area contributed by atoms with Gasteiger partial charge in [0.1, 0.15) is 17.8 Å². The van der Waals surface area contributed by atoms with Gasteiger partial charge in [-0.1, -0.05) is 0 Å². The zero-order chi connectivity index (χ0) is 11.8. The molecule has 0 unspecified atom stereocenters. The van der Waals surface area contributed by atoms with Crippen LogP contribution in [0, 0.1) is 11.3 Å². The lowest BCUT2D eigenvalue weighted by molar-refractivity contribution is -0.138. The topological polar surface area (TPSA) is 105 Å². The molecule has 0 heterocycles. The highest BCUT2D eigenvalue weighted by atomic mass is 35.5. The number of rotatable bonds is 4. The molecule has 0 aromatic heterocycles. The molecule has 7 heteroatoms. The van der Waals surface area contributed by atoms with E-state index in [1.54, 1.807) is 6.92 Å². The van der Waals surface area contributed by atoms with Gasteiger partial charge >= 0.3 is 5.97 Å². The number of hydrogen-bond donors (Lipinski definition) is 2. The third-order valence-corrected chi connectivity index (χ3v) is 1.50. The Morgan fingerprint density at radius 2 is 2.20 bits per heavy atom. The third-order valence-electron chi connectivity index (χ3n) is 1.26. The van der Waals surface area contributed by atoms with E-state index in [0.717, 1.165) is 0 Å². The number of nitriles is 1. The first kappa shape index (κ1) is 13.3. The van der Waals surface area contributed by atoms with Crippen molar-refractivity contribution in [2.24, 2.45) is 5.73 Å². The molecule has 0 radical (unpaired) electrons. The maximum Gasteiger partial charge on any atom is 0.352 e. The van der Waals surface area contributed by atoms with Crippen LogP contribution in [0.1, 0.15) is 6.92 Å². The van der Waals surface area contributed by atoms with E-state index in [1.165, 1.54) is 6.07 Å². The highest BCUT2D eigenvalue weighted by Gasteiger charge is 2.15. The summed E-state index contributed by atoms with van der Waals surface area (Å²) in [4.78, 5) is 21.9. The summed E-state index contributed by atoms with van der Waals surface area (Å²) < 4.78 is 4.55. The first-order valence-electron chi connectivity index (χ1n) is 3.99. The van der Waals surface area contributed by atoms with E-state index in [2.05, 4.69) is 10.1 Å². The molecule has 0 aliphatic rings. The minimum atomic E-state index is -0.882. The maximum atomic E-state index is 11.1. The molecule has 0 bridgehead atoms. The van der Waals surface area contributed by atoms with Gasteiger partial charge in [-0.3, -0.25) is 4.79 Å². The number of halogens is 1. The van der Waals surface area contributed by atoms with Gasteiger partial charge in [0.25, 0.3) is 0 Å². The van der Waals surface area contributed by atoms with Gasteiger partial charge in [-0.05, 0) is 6.92 Å². The smallest absolute Gasteiger partial charge is 0.352 e. The molecule has 6 nitrogen and oxygen atoms in total. The normalized spacial score (nSPS) is 11.0. The summed E-state index contributed by atoms with van der Waals surface area (Å²) in [5, 5.41) is 10.7. The van der Waals surface area contributed by atoms with E-state index < -0.39 is 17.4 Å². The van der Waals surface area contributed by atoms with Crippen molar-refractivity contribution < 1.29 is 14.3 Å². The van der Waals surface area contributed by atoms with Gasteiger partial charge < -0.3 is 15.8 Å². The van der Waals surface area contributed by atoms with Crippen molar-refractivity contribution in [2.45, 2.75) is 6.92 Å². The molecule has 0 atom stereocenters. The van der Waals surface area contributed by atoms with Crippen molar-refractivity contribution in [3.8, 4) is 6.07 Å². The predicted molar refractivity (Wildman–Crippen MR) is 52.3 cm³/mol. The number of alkyl halides is 1. The van der Waals surface area contributed by atoms with Crippen LogP contribution in [0.4, 0.5) is 0 Å². The van der Waals surface area contributed by atoms with Crippen LogP contribution in [0.15, 0.2) is 11.4 Å².